The van der Waals surface area contributed by atoms with Crippen molar-refractivity contribution in [2.45, 2.75) is 4.90 Å². The normalized spacial score (nSPS) is 14.8. The van der Waals surface area contributed by atoms with E-state index in [9.17, 15) is 0 Å². The summed E-state index contributed by atoms with van der Waals surface area (Å²) in [6.07, 6.45) is 0. The maximum absolute atomic E-state index is 5.08. The Morgan fingerprint density at radius 1 is 1.36 bits per heavy atom. The van der Waals surface area contributed by atoms with Crippen LogP contribution in [0.1, 0.15) is 0 Å². The Kier molecular flexibility index (Phi) is 2.93. The van der Waals surface area contributed by atoms with Gasteiger partial charge in [-0.2, -0.15) is 0 Å². The van der Waals surface area contributed by atoms with Crippen LogP contribution in [0.5, 0.6) is 5.75 Å². The van der Waals surface area contributed by atoms with E-state index in [1.165, 1.54) is 4.90 Å². The van der Waals surface area contributed by atoms with Gasteiger partial charge < -0.3 is 10.1 Å². The van der Waals surface area contributed by atoms with Gasteiger partial charge in [0.2, 0.25) is 0 Å². The molecule has 4 heteroatoms. The third-order valence-electron chi connectivity index (χ3n) is 1.92. The third-order valence-corrected chi connectivity index (χ3v) is 2.89. The molecule has 0 atom stereocenters. The van der Waals surface area contributed by atoms with Crippen LogP contribution in [0.15, 0.2) is 34.2 Å². The number of amidine groups is 1. The predicted molar refractivity (Wildman–Crippen MR) is 59.2 cm³/mol. The molecule has 1 N–H and O–H groups in total. The minimum atomic E-state index is 0.885. The van der Waals surface area contributed by atoms with Crippen LogP contribution < -0.4 is 10.1 Å². The van der Waals surface area contributed by atoms with Gasteiger partial charge in [0.05, 0.1) is 13.7 Å². The van der Waals surface area contributed by atoms with E-state index >= 15 is 0 Å². The monoisotopic (exact) mass is 208 g/mol. The highest BCUT2D eigenvalue weighted by Gasteiger charge is 2.06. The highest BCUT2D eigenvalue weighted by Crippen LogP contribution is 2.22. The Bertz CT molecular complexity index is 334. The molecule has 0 bridgehead atoms. The molecule has 14 heavy (non-hydrogen) atoms. The van der Waals surface area contributed by atoms with Gasteiger partial charge in [-0.3, -0.25) is 4.99 Å². The van der Waals surface area contributed by atoms with E-state index in [1.54, 1.807) is 18.9 Å². The van der Waals surface area contributed by atoms with Crippen LogP contribution in [0.2, 0.25) is 0 Å². The molecule has 0 spiro atoms. The molecule has 0 fully saturated rings. The first-order valence-corrected chi connectivity index (χ1v) is 5.30. The molecule has 1 heterocycles. The molecule has 0 aromatic heterocycles. The molecule has 0 saturated carbocycles. The molecule has 3 nitrogen and oxygen atoms in total. The minimum Gasteiger partial charge on any atom is -0.497 e. The Hall–Kier alpha value is -1.16. The Balaban J connectivity index is 2.02. The lowest BCUT2D eigenvalue weighted by atomic mass is 10.3. The zero-order valence-corrected chi connectivity index (χ0v) is 8.80. The smallest absolute Gasteiger partial charge is 0.161 e. The summed E-state index contributed by atoms with van der Waals surface area (Å²) in [5.41, 5.74) is 0. The first-order valence-electron chi connectivity index (χ1n) is 4.49. The summed E-state index contributed by atoms with van der Waals surface area (Å²) in [7, 11) is 1.67. The number of hydrogen-bond donors (Lipinski definition) is 1. The zero-order valence-electron chi connectivity index (χ0n) is 7.99. The van der Waals surface area contributed by atoms with E-state index in [0.29, 0.717) is 0 Å². The second kappa shape index (κ2) is 4.37. The van der Waals surface area contributed by atoms with Crippen LogP contribution >= 0.6 is 11.8 Å². The first kappa shape index (κ1) is 9.40. The number of rotatable bonds is 2. The Morgan fingerprint density at radius 2 is 2.14 bits per heavy atom. The molecule has 0 aliphatic carbocycles. The molecule has 1 aliphatic rings. The van der Waals surface area contributed by atoms with E-state index in [4.69, 9.17) is 4.74 Å². The van der Waals surface area contributed by atoms with Crippen LogP contribution in [-0.2, 0) is 0 Å². The van der Waals surface area contributed by atoms with Crippen LogP contribution in [-0.4, -0.2) is 25.4 Å². The van der Waals surface area contributed by atoms with Crippen molar-refractivity contribution in [2.75, 3.05) is 20.2 Å². The van der Waals surface area contributed by atoms with E-state index < -0.39 is 0 Å². The fourth-order valence-electron chi connectivity index (χ4n) is 1.20. The van der Waals surface area contributed by atoms with Gasteiger partial charge in [0.15, 0.2) is 5.17 Å². The van der Waals surface area contributed by atoms with E-state index in [-0.39, 0.29) is 0 Å². The van der Waals surface area contributed by atoms with Crippen LogP contribution in [0, 0.1) is 0 Å². The minimum absolute atomic E-state index is 0.885. The van der Waals surface area contributed by atoms with Gasteiger partial charge in [-0.25, -0.2) is 0 Å². The summed E-state index contributed by atoms with van der Waals surface area (Å²) in [6.45, 7) is 1.84. The van der Waals surface area contributed by atoms with Crippen molar-refractivity contribution in [1.29, 1.82) is 0 Å². The molecule has 0 amide bonds. The highest BCUT2D eigenvalue weighted by atomic mass is 32.2. The largest absolute Gasteiger partial charge is 0.497 e. The van der Waals surface area contributed by atoms with E-state index in [0.717, 1.165) is 24.0 Å². The van der Waals surface area contributed by atoms with Crippen LogP contribution in [0.3, 0.4) is 0 Å². The van der Waals surface area contributed by atoms with Gasteiger partial charge in [-0.1, -0.05) is 11.8 Å². The second-order valence-electron chi connectivity index (χ2n) is 2.89. The average molecular weight is 208 g/mol. The first-order chi connectivity index (χ1) is 6.88. The fourth-order valence-corrected chi connectivity index (χ4v) is 2.03. The van der Waals surface area contributed by atoms with Crippen molar-refractivity contribution in [2.24, 2.45) is 4.99 Å². The van der Waals surface area contributed by atoms with Crippen molar-refractivity contribution in [3.8, 4) is 5.75 Å². The van der Waals surface area contributed by atoms with Crippen LogP contribution in [0.4, 0.5) is 0 Å². The van der Waals surface area contributed by atoms with E-state index in [1.807, 2.05) is 24.3 Å². The lowest BCUT2D eigenvalue weighted by Gasteiger charge is -2.03. The summed E-state index contributed by atoms with van der Waals surface area (Å²) < 4.78 is 5.08. The topological polar surface area (TPSA) is 33.6 Å². The molecule has 0 unspecified atom stereocenters. The molecule has 1 aliphatic heterocycles. The molecule has 74 valence electrons. The second-order valence-corrected chi connectivity index (χ2v) is 3.95. The molecular weight excluding hydrogens is 196 g/mol. The van der Waals surface area contributed by atoms with Gasteiger partial charge in [-0.05, 0) is 24.3 Å². The van der Waals surface area contributed by atoms with Crippen molar-refractivity contribution >= 4 is 16.9 Å². The fraction of sp³-hybridized carbons (Fsp3) is 0.300. The van der Waals surface area contributed by atoms with Gasteiger partial charge in [0, 0.05) is 11.4 Å². The predicted octanol–water partition coefficient (Wildman–Crippen LogP) is 1.75. The van der Waals surface area contributed by atoms with Crippen LogP contribution in [0.25, 0.3) is 0 Å². The van der Waals surface area contributed by atoms with Crippen molar-refractivity contribution in [3.05, 3.63) is 24.3 Å². The third kappa shape index (κ3) is 2.20. The number of nitrogens with one attached hydrogen (secondary N) is 1. The van der Waals surface area contributed by atoms with Crippen molar-refractivity contribution < 1.29 is 4.74 Å². The average Bonchev–Trinajstić information content (AvgIpc) is 2.72. The number of ether oxygens (including phenoxy) is 1. The number of hydrogen-bond acceptors (Lipinski definition) is 4. The Morgan fingerprint density at radius 3 is 2.71 bits per heavy atom. The summed E-state index contributed by atoms with van der Waals surface area (Å²) >= 11 is 1.65. The van der Waals surface area contributed by atoms with Gasteiger partial charge in [-0.15, -0.1) is 0 Å². The summed E-state index contributed by atoms with van der Waals surface area (Å²) in [5, 5.41) is 4.22. The van der Waals surface area contributed by atoms with Crippen molar-refractivity contribution in [3.63, 3.8) is 0 Å². The number of methoxy groups -OCH3 is 1. The van der Waals surface area contributed by atoms with Gasteiger partial charge in [0.1, 0.15) is 5.75 Å². The standard InChI is InChI=1S/C10H12N2OS/c1-13-8-2-4-9(5-3-8)14-10-11-6-7-12-10/h2-5H,6-7H2,1H3,(H,11,12). The molecular formula is C10H12N2OS. The summed E-state index contributed by atoms with van der Waals surface area (Å²) in [5.74, 6) is 0.885. The quantitative estimate of drug-likeness (QED) is 0.804. The molecule has 2 rings (SSSR count). The molecule has 0 saturated heterocycles. The number of aliphatic imine (C=N–C) groups is 1. The molecule has 0 radical (unpaired) electrons. The van der Waals surface area contributed by atoms with E-state index in [2.05, 4.69) is 10.3 Å². The highest BCUT2D eigenvalue weighted by molar-refractivity contribution is 8.13. The molecule has 1 aromatic rings. The number of thioether (sulfide) groups is 1. The maximum Gasteiger partial charge on any atom is 0.161 e. The lowest BCUT2D eigenvalue weighted by Crippen LogP contribution is -2.14. The number of nitrogens with zero attached hydrogens (tertiary/aromatic N) is 1. The van der Waals surface area contributed by atoms with Crippen molar-refractivity contribution in [1.82, 2.24) is 5.32 Å². The summed E-state index contributed by atoms with van der Waals surface area (Å²) in [6, 6.07) is 7.98. The lowest BCUT2D eigenvalue weighted by molar-refractivity contribution is 0.414. The molecule has 1 aromatic carbocycles. The number of benzene rings is 1. The van der Waals surface area contributed by atoms with Gasteiger partial charge in [0.25, 0.3) is 0 Å². The maximum atomic E-state index is 5.08. The Labute approximate surface area is 87.6 Å². The van der Waals surface area contributed by atoms with Gasteiger partial charge >= 0.3 is 0 Å². The zero-order chi connectivity index (χ0) is 9.80. The SMILES string of the molecule is COc1ccc(SC2=NCCN2)cc1. The summed E-state index contributed by atoms with van der Waals surface area (Å²) in [4.78, 5) is 5.49.